The van der Waals surface area contributed by atoms with Crippen LogP contribution in [0.2, 0.25) is 20.1 Å². The maximum Gasteiger partial charge on any atom is 0.180 e. The van der Waals surface area contributed by atoms with Gasteiger partial charge in [0, 0.05) is 37.7 Å². The number of allylic oxidation sites excluding steroid dienone is 10. The Hall–Kier alpha value is -4.86. The molecule has 2 aromatic rings. The summed E-state index contributed by atoms with van der Waals surface area (Å²) in [5, 5.41) is 25.9. The SMILES string of the molecule is C=C(C)CCC1(CCC(=C)C)C(=O)C(C(=O)C=Cc2ccc(Cl)cc2Cl)C(=O)C(CC2=C(O)C(CCC(=C)C)(CCC(=C)C)C(=O)C(C(=O)C=Cc3ccc(Cl)cc3Cl)C2=O)=C1O. The van der Waals surface area contributed by atoms with E-state index < -0.39 is 86.5 Å². The monoisotopic (exact) mass is 932 g/mol. The quantitative estimate of drug-likeness (QED) is 0.0759. The van der Waals surface area contributed by atoms with Crippen LogP contribution in [-0.2, 0) is 28.8 Å². The van der Waals surface area contributed by atoms with E-state index in [0.29, 0.717) is 43.5 Å². The first kappa shape index (κ1) is 50.8. The Morgan fingerprint density at radius 3 is 1.14 bits per heavy atom. The van der Waals surface area contributed by atoms with Gasteiger partial charge in [0.2, 0.25) is 0 Å². The number of rotatable bonds is 20. The first-order chi connectivity index (χ1) is 29.5. The molecule has 0 spiro atoms. The summed E-state index contributed by atoms with van der Waals surface area (Å²) >= 11 is 24.8. The molecule has 2 aliphatic rings. The molecule has 332 valence electrons. The van der Waals surface area contributed by atoms with Gasteiger partial charge in [-0.2, -0.15) is 0 Å². The molecule has 0 amide bonds. The van der Waals surface area contributed by atoms with E-state index in [1.165, 1.54) is 24.3 Å². The molecule has 0 aromatic heterocycles. The Kier molecular flexibility index (Phi) is 17.1. The van der Waals surface area contributed by atoms with Crippen LogP contribution in [0, 0.1) is 22.7 Å². The third-order valence-corrected chi connectivity index (χ3v) is 12.8. The number of hydrogen-bond acceptors (Lipinski definition) is 8. The van der Waals surface area contributed by atoms with Crippen LogP contribution in [0.5, 0.6) is 0 Å². The van der Waals surface area contributed by atoms with E-state index >= 15 is 0 Å². The van der Waals surface area contributed by atoms with E-state index in [-0.39, 0.29) is 61.4 Å². The molecule has 12 heteroatoms. The molecule has 0 bridgehead atoms. The maximum atomic E-state index is 14.8. The van der Waals surface area contributed by atoms with Crippen LogP contribution in [0.3, 0.4) is 0 Å². The van der Waals surface area contributed by atoms with Gasteiger partial charge in [-0.1, -0.05) is 80.8 Å². The molecular formula is C51H52Cl4O8. The molecular weight excluding hydrogens is 882 g/mol. The van der Waals surface area contributed by atoms with Crippen LogP contribution in [0.15, 0.2) is 120 Å². The van der Waals surface area contributed by atoms with Crippen molar-refractivity contribution in [3.05, 3.63) is 151 Å². The summed E-state index contributed by atoms with van der Waals surface area (Å²) in [5.41, 5.74) is -1.30. The molecule has 2 atom stereocenters. The Balaban J connectivity index is 2.01. The average molecular weight is 935 g/mol. The van der Waals surface area contributed by atoms with Crippen LogP contribution in [0.25, 0.3) is 12.2 Å². The van der Waals surface area contributed by atoms with Crippen LogP contribution in [0.4, 0.5) is 0 Å². The van der Waals surface area contributed by atoms with Crippen molar-refractivity contribution in [2.45, 2.75) is 85.5 Å². The molecule has 2 aliphatic carbocycles. The first-order valence-corrected chi connectivity index (χ1v) is 21.9. The van der Waals surface area contributed by atoms with Crippen molar-refractivity contribution in [1.82, 2.24) is 0 Å². The van der Waals surface area contributed by atoms with Gasteiger partial charge in [-0.3, -0.25) is 28.8 Å². The first-order valence-electron chi connectivity index (χ1n) is 20.4. The van der Waals surface area contributed by atoms with Gasteiger partial charge in [0.15, 0.2) is 34.7 Å². The Morgan fingerprint density at radius 1 is 0.571 bits per heavy atom. The fraction of sp³-hybridized carbons (Fsp3) is 0.333. The van der Waals surface area contributed by atoms with Crippen LogP contribution in [0.1, 0.15) is 96.6 Å². The van der Waals surface area contributed by atoms with Crippen molar-refractivity contribution in [3.8, 4) is 0 Å². The lowest BCUT2D eigenvalue weighted by Gasteiger charge is -2.41. The highest BCUT2D eigenvalue weighted by Crippen LogP contribution is 2.51. The lowest BCUT2D eigenvalue weighted by molar-refractivity contribution is -0.146. The molecule has 4 rings (SSSR count). The highest BCUT2D eigenvalue weighted by atomic mass is 35.5. The topological polar surface area (TPSA) is 143 Å². The molecule has 8 nitrogen and oxygen atoms in total. The summed E-state index contributed by atoms with van der Waals surface area (Å²) in [4.78, 5) is 87.6. The number of hydrogen-bond donors (Lipinski definition) is 2. The van der Waals surface area contributed by atoms with Crippen molar-refractivity contribution in [3.63, 3.8) is 0 Å². The summed E-state index contributed by atoms with van der Waals surface area (Å²) in [7, 11) is 0. The van der Waals surface area contributed by atoms with Gasteiger partial charge in [-0.25, -0.2) is 0 Å². The lowest BCUT2D eigenvalue weighted by atomic mass is 9.59. The van der Waals surface area contributed by atoms with E-state index in [1.807, 2.05) is 0 Å². The molecule has 0 radical (unpaired) electrons. The van der Waals surface area contributed by atoms with E-state index in [2.05, 4.69) is 26.3 Å². The molecule has 63 heavy (non-hydrogen) atoms. The maximum absolute atomic E-state index is 14.8. The molecule has 2 N–H and O–H groups in total. The fourth-order valence-electron chi connectivity index (χ4n) is 7.95. The minimum Gasteiger partial charge on any atom is -0.511 e. The van der Waals surface area contributed by atoms with Gasteiger partial charge in [-0.05, 0) is 139 Å². The molecule has 0 saturated heterocycles. The van der Waals surface area contributed by atoms with Crippen LogP contribution >= 0.6 is 46.4 Å². The minimum absolute atomic E-state index is 0.0641. The van der Waals surface area contributed by atoms with Gasteiger partial charge in [0.05, 0.1) is 10.8 Å². The van der Waals surface area contributed by atoms with Gasteiger partial charge < -0.3 is 10.2 Å². The molecule has 2 aromatic carbocycles. The number of ketones is 6. The van der Waals surface area contributed by atoms with Crippen molar-refractivity contribution in [1.29, 1.82) is 0 Å². The highest BCUT2D eigenvalue weighted by molar-refractivity contribution is 6.37. The molecule has 2 unspecified atom stereocenters. The highest BCUT2D eigenvalue weighted by Gasteiger charge is 2.58. The van der Waals surface area contributed by atoms with Gasteiger partial charge in [0.25, 0.3) is 0 Å². The smallest absolute Gasteiger partial charge is 0.180 e. The summed E-state index contributed by atoms with van der Waals surface area (Å²) in [5.74, 6) is -11.1. The number of halogens is 4. The molecule has 0 aliphatic heterocycles. The molecule has 0 fully saturated rings. The molecule has 0 heterocycles. The lowest BCUT2D eigenvalue weighted by Crippen LogP contribution is -2.51. The minimum atomic E-state index is -1.99. The van der Waals surface area contributed by atoms with Crippen molar-refractivity contribution in [2.75, 3.05) is 0 Å². The van der Waals surface area contributed by atoms with Gasteiger partial charge >= 0.3 is 0 Å². The number of aliphatic hydroxyl groups is 2. The zero-order chi connectivity index (χ0) is 47.1. The van der Waals surface area contributed by atoms with Crippen molar-refractivity contribution in [2.24, 2.45) is 22.7 Å². The second kappa shape index (κ2) is 21.2. The van der Waals surface area contributed by atoms with Crippen LogP contribution < -0.4 is 0 Å². The number of benzene rings is 2. The summed E-state index contributed by atoms with van der Waals surface area (Å²) in [6, 6.07) is 9.12. The Labute approximate surface area is 389 Å². The number of carbonyl (C=O) groups is 6. The summed E-state index contributed by atoms with van der Waals surface area (Å²) < 4.78 is 0. The second-order valence-electron chi connectivity index (χ2n) is 16.9. The predicted octanol–water partition coefficient (Wildman–Crippen LogP) is 13.1. The molecule has 0 saturated carbocycles. The van der Waals surface area contributed by atoms with Crippen molar-refractivity contribution >= 4 is 93.3 Å². The average Bonchev–Trinajstić information content (AvgIpc) is 3.19. The Morgan fingerprint density at radius 2 is 0.873 bits per heavy atom. The summed E-state index contributed by atoms with van der Waals surface area (Å²) in [6.45, 7) is 22.8. The van der Waals surface area contributed by atoms with E-state index in [4.69, 9.17) is 46.4 Å². The Bertz CT molecular complexity index is 2240. The van der Waals surface area contributed by atoms with Gasteiger partial charge in [0.1, 0.15) is 23.4 Å². The van der Waals surface area contributed by atoms with Gasteiger partial charge in [-0.15, -0.1) is 26.3 Å². The standard InChI is InChI=1S/C51H52Cl4O8/c1-28(2)17-21-50(22-18-29(3)4)46(60)36(44(58)42(48(50)62)40(56)15-11-32-9-13-34(52)25-38(32)54)27-37-45(59)43(41(57)16-12-33-10-14-35(53)26-39(33)55)49(63)51(47(37)61,23-19-30(5)6)24-20-31(7)8/h9-16,25-26,42-43,60-61H,1,3,5,7,17-24,27H2,2,4,6,8H3. The van der Waals surface area contributed by atoms with E-state index in [1.54, 1.807) is 52.0 Å². The number of carbonyl (C=O) groups excluding carboxylic acids is 6. The number of aliphatic hydroxyl groups excluding tert-OH is 2. The van der Waals surface area contributed by atoms with E-state index in [9.17, 15) is 39.0 Å². The van der Waals surface area contributed by atoms with E-state index in [0.717, 1.165) is 12.2 Å². The van der Waals surface area contributed by atoms with Crippen LogP contribution in [-0.4, -0.2) is 44.9 Å². The second-order valence-corrected chi connectivity index (χ2v) is 18.6. The largest absolute Gasteiger partial charge is 0.511 e. The third kappa shape index (κ3) is 11.5. The number of Topliss-reactive ketones (excluding diaryl/α,β-unsaturated/α-hetero) is 4. The third-order valence-electron chi connectivity index (χ3n) is 11.7. The fourth-order valence-corrected chi connectivity index (χ4v) is 8.90. The normalized spacial score (nSPS) is 18.7. The zero-order valence-corrected chi connectivity index (χ0v) is 39.0. The summed E-state index contributed by atoms with van der Waals surface area (Å²) in [6.07, 6.45) is 4.53. The predicted molar refractivity (Wildman–Crippen MR) is 253 cm³/mol. The van der Waals surface area contributed by atoms with Crippen molar-refractivity contribution < 1.29 is 39.0 Å². The zero-order valence-electron chi connectivity index (χ0n) is 36.0.